The summed E-state index contributed by atoms with van der Waals surface area (Å²) < 4.78 is 3.75. The summed E-state index contributed by atoms with van der Waals surface area (Å²) in [7, 11) is 5.68. The molecule has 0 atom stereocenters. The van der Waals surface area contributed by atoms with E-state index in [9.17, 15) is 0 Å². The summed E-state index contributed by atoms with van der Waals surface area (Å²) in [6, 6.07) is 2.05. The molecular weight excluding hydrogens is 204 g/mol. The van der Waals surface area contributed by atoms with E-state index in [2.05, 4.69) is 27.5 Å². The van der Waals surface area contributed by atoms with E-state index in [1.165, 1.54) is 0 Å². The van der Waals surface area contributed by atoms with Gasteiger partial charge >= 0.3 is 0 Å². The zero-order valence-electron chi connectivity index (χ0n) is 10.0. The number of nitrogens with zero attached hydrogens (tertiary/aromatic N) is 5. The second-order valence-electron chi connectivity index (χ2n) is 3.65. The molecule has 2 rings (SSSR count). The first-order valence-corrected chi connectivity index (χ1v) is 5.27. The fourth-order valence-corrected chi connectivity index (χ4v) is 1.68. The normalized spacial score (nSPS) is 10.8. The lowest BCUT2D eigenvalue weighted by molar-refractivity contribution is 0.743. The van der Waals surface area contributed by atoms with Gasteiger partial charge in [-0.15, -0.1) is 10.2 Å². The van der Waals surface area contributed by atoms with Crippen molar-refractivity contribution in [3.05, 3.63) is 11.8 Å². The third-order valence-electron chi connectivity index (χ3n) is 2.62. The lowest BCUT2D eigenvalue weighted by atomic mass is 10.3. The molecule has 2 aromatic rings. The number of hydrogen-bond acceptors (Lipinski definition) is 4. The number of anilines is 1. The molecule has 0 fully saturated rings. The topological polar surface area (TPSA) is 60.6 Å². The lowest BCUT2D eigenvalue weighted by Gasteiger charge is -2.02. The van der Waals surface area contributed by atoms with Crippen molar-refractivity contribution in [1.29, 1.82) is 0 Å². The SMILES string of the molecule is CCc1cc(-c2nnc(NC)n2C)n(C)n1. The first-order chi connectivity index (χ1) is 7.67. The highest BCUT2D eigenvalue weighted by Gasteiger charge is 2.14. The van der Waals surface area contributed by atoms with Gasteiger partial charge in [0.2, 0.25) is 5.95 Å². The summed E-state index contributed by atoms with van der Waals surface area (Å²) in [6.45, 7) is 2.09. The van der Waals surface area contributed by atoms with Crippen LogP contribution in [0.4, 0.5) is 5.95 Å². The van der Waals surface area contributed by atoms with Gasteiger partial charge in [0.1, 0.15) is 5.69 Å². The van der Waals surface area contributed by atoms with E-state index in [0.717, 1.165) is 29.6 Å². The Morgan fingerprint density at radius 3 is 2.56 bits per heavy atom. The van der Waals surface area contributed by atoms with E-state index in [4.69, 9.17) is 0 Å². The third-order valence-corrected chi connectivity index (χ3v) is 2.62. The van der Waals surface area contributed by atoms with E-state index in [0.29, 0.717) is 0 Å². The summed E-state index contributed by atoms with van der Waals surface area (Å²) in [5.74, 6) is 1.56. The molecular formula is C10H16N6. The molecule has 0 amide bonds. The first kappa shape index (κ1) is 10.7. The molecule has 6 nitrogen and oxygen atoms in total. The van der Waals surface area contributed by atoms with Crippen LogP contribution in [0.3, 0.4) is 0 Å². The average Bonchev–Trinajstić information content (AvgIpc) is 2.81. The van der Waals surface area contributed by atoms with Crippen molar-refractivity contribution >= 4 is 5.95 Å². The van der Waals surface area contributed by atoms with Crippen LogP contribution < -0.4 is 5.32 Å². The summed E-state index contributed by atoms with van der Waals surface area (Å²) in [5.41, 5.74) is 2.04. The Bertz CT molecular complexity index is 495. The standard InChI is InChI=1S/C10H16N6/c1-5-7-6-8(16(4)14-7)9-12-13-10(11-2)15(9)3/h6H,5H2,1-4H3,(H,11,13). The number of rotatable bonds is 3. The molecule has 1 N–H and O–H groups in total. The van der Waals surface area contributed by atoms with Crippen molar-refractivity contribution < 1.29 is 0 Å². The van der Waals surface area contributed by atoms with Crippen molar-refractivity contribution in [2.45, 2.75) is 13.3 Å². The van der Waals surface area contributed by atoms with Gasteiger partial charge in [0, 0.05) is 21.1 Å². The molecule has 0 aliphatic rings. The van der Waals surface area contributed by atoms with Crippen LogP contribution in [-0.2, 0) is 20.5 Å². The minimum absolute atomic E-state index is 0.745. The molecule has 0 saturated carbocycles. The fraction of sp³-hybridized carbons (Fsp3) is 0.500. The first-order valence-electron chi connectivity index (χ1n) is 5.27. The van der Waals surface area contributed by atoms with Crippen LogP contribution in [0.5, 0.6) is 0 Å². The van der Waals surface area contributed by atoms with Gasteiger partial charge in [0.15, 0.2) is 5.82 Å². The quantitative estimate of drug-likeness (QED) is 0.832. The molecule has 0 spiro atoms. The van der Waals surface area contributed by atoms with Gasteiger partial charge in [-0.2, -0.15) is 5.10 Å². The second-order valence-corrected chi connectivity index (χ2v) is 3.65. The van der Waals surface area contributed by atoms with Gasteiger partial charge in [-0.25, -0.2) is 0 Å². The van der Waals surface area contributed by atoms with Crippen LogP contribution in [0.1, 0.15) is 12.6 Å². The summed E-state index contributed by atoms with van der Waals surface area (Å²) in [5, 5.41) is 15.6. The Morgan fingerprint density at radius 1 is 1.31 bits per heavy atom. The van der Waals surface area contributed by atoms with Crippen molar-refractivity contribution in [3.8, 4) is 11.5 Å². The predicted molar refractivity (Wildman–Crippen MR) is 62.1 cm³/mol. The Morgan fingerprint density at radius 2 is 2.06 bits per heavy atom. The Labute approximate surface area is 94.3 Å². The van der Waals surface area contributed by atoms with Gasteiger partial charge in [0.05, 0.1) is 5.69 Å². The van der Waals surface area contributed by atoms with E-state index >= 15 is 0 Å². The Balaban J connectivity index is 2.49. The molecule has 86 valence electrons. The summed E-state index contributed by atoms with van der Waals surface area (Å²) in [6.07, 6.45) is 0.921. The van der Waals surface area contributed by atoms with Gasteiger partial charge < -0.3 is 5.32 Å². The van der Waals surface area contributed by atoms with E-state index in [1.807, 2.05) is 36.5 Å². The van der Waals surface area contributed by atoms with E-state index < -0.39 is 0 Å². The van der Waals surface area contributed by atoms with Crippen LogP contribution in [0.25, 0.3) is 11.5 Å². The van der Waals surface area contributed by atoms with Gasteiger partial charge in [0.25, 0.3) is 0 Å². The number of aryl methyl sites for hydroxylation is 2. The molecule has 0 radical (unpaired) electrons. The Kier molecular flexibility index (Phi) is 2.64. The molecule has 6 heteroatoms. The number of aromatic nitrogens is 5. The maximum atomic E-state index is 4.40. The molecule has 16 heavy (non-hydrogen) atoms. The second kappa shape index (κ2) is 3.96. The van der Waals surface area contributed by atoms with E-state index in [1.54, 1.807) is 0 Å². The lowest BCUT2D eigenvalue weighted by Crippen LogP contribution is -2.02. The van der Waals surface area contributed by atoms with Crippen molar-refractivity contribution in [1.82, 2.24) is 24.5 Å². The highest BCUT2D eigenvalue weighted by Crippen LogP contribution is 2.19. The highest BCUT2D eigenvalue weighted by atomic mass is 15.4. The van der Waals surface area contributed by atoms with E-state index in [-0.39, 0.29) is 0 Å². The molecule has 0 unspecified atom stereocenters. The maximum absolute atomic E-state index is 4.40. The predicted octanol–water partition coefficient (Wildman–Crippen LogP) is 0.820. The van der Waals surface area contributed by atoms with Gasteiger partial charge in [-0.1, -0.05) is 6.92 Å². The van der Waals surface area contributed by atoms with Gasteiger partial charge in [-0.05, 0) is 12.5 Å². The summed E-state index contributed by atoms with van der Waals surface area (Å²) in [4.78, 5) is 0. The van der Waals surface area contributed by atoms with Crippen LogP contribution >= 0.6 is 0 Å². The monoisotopic (exact) mass is 220 g/mol. The molecule has 2 aromatic heterocycles. The maximum Gasteiger partial charge on any atom is 0.224 e. The van der Waals surface area contributed by atoms with Crippen molar-refractivity contribution in [3.63, 3.8) is 0 Å². The van der Waals surface area contributed by atoms with Gasteiger partial charge in [-0.3, -0.25) is 9.25 Å². The highest BCUT2D eigenvalue weighted by molar-refractivity contribution is 5.53. The number of nitrogens with one attached hydrogen (secondary N) is 1. The minimum atomic E-state index is 0.745. The molecule has 0 aliphatic carbocycles. The molecule has 0 aromatic carbocycles. The average molecular weight is 220 g/mol. The smallest absolute Gasteiger partial charge is 0.224 e. The minimum Gasteiger partial charge on any atom is -0.357 e. The molecule has 2 heterocycles. The van der Waals surface area contributed by atoms with Crippen molar-refractivity contribution in [2.75, 3.05) is 12.4 Å². The molecule has 0 saturated heterocycles. The largest absolute Gasteiger partial charge is 0.357 e. The van der Waals surface area contributed by atoms with Crippen LogP contribution in [0, 0.1) is 0 Å². The Hall–Kier alpha value is -1.85. The zero-order chi connectivity index (χ0) is 11.7. The van der Waals surface area contributed by atoms with Crippen LogP contribution in [-0.4, -0.2) is 31.6 Å². The fourth-order valence-electron chi connectivity index (χ4n) is 1.68. The summed E-state index contributed by atoms with van der Waals surface area (Å²) >= 11 is 0. The molecule has 0 bridgehead atoms. The third kappa shape index (κ3) is 1.56. The zero-order valence-corrected chi connectivity index (χ0v) is 10.0. The van der Waals surface area contributed by atoms with Crippen LogP contribution in [0.15, 0.2) is 6.07 Å². The van der Waals surface area contributed by atoms with Crippen LogP contribution in [0.2, 0.25) is 0 Å². The number of hydrogen-bond donors (Lipinski definition) is 1. The molecule has 0 aliphatic heterocycles. The van der Waals surface area contributed by atoms with Crippen molar-refractivity contribution in [2.24, 2.45) is 14.1 Å².